The lowest BCUT2D eigenvalue weighted by Crippen LogP contribution is -2.48. The zero-order chi connectivity index (χ0) is 20.4. The zero-order valence-electron chi connectivity index (χ0n) is 17.6. The van der Waals surface area contributed by atoms with Crippen molar-refractivity contribution in [2.24, 2.45) is 4.99 Å². The SMILES string of the molecule is CCCN1CCC(NC(=NCc2ccc(OC)c(C(=O)OC)c2)NCC)CC1. The number of methoxy groups -OCH3 is 2. The Kier molecular flexibility index (Phi) is 9.07. The van der Waals surface area contributed by atoms with Crippen LogP contribution in [0, 0.1) is 0 Å². The summed E-state index contributed by atoms with van der Waals surface area (Å²) in [5.74, 6) is 0.905. The molecule has 0 radical (unpaired) electrons. The minimum absolute atomic E-state index is 0.411. The van der Waals surface area contributed by atoms with E-state index in [1.807, 2.05) is 6.07 Å². The van der Waals surface area contributed by atoms with Crippen LogP contribution >= 0.6 is 0 Å². The number of rotatable bonds is 8. The molecule has 1 saturated heterocycles. The van der Waals surface area contributed by atoms with Crippen molar-refractivity contribution in [1.82, 2.24) is 15.5 Å². The van der Waals surface area contributed by atoms with Gasteiger partial charge in [-0.05, 0) is 50.4 Å². The molecule has 156 valence electrons. The van der Waals surface area contributed by atoms with Crippen LogP contribution < -0.4 is 15.4 Å². The van der Waals surface area contributed by atoms with Crippen molar-refractivity contribution < 1.29 is 14.3 Å². The number of guanidine groups is 1. The molecule has 1 aromatic carbocycles. The van der Waals surface area contributed by atoms with Gasteiger partial charge in [0.15, 0.2) is 5.96 Å². The number of hydrogen-bond donors (Lipinski definition) is 2. The third kappa shape index (κ3) is 6.41. The van der Waals surface area contributed by atoms with Gasteiger partial charge in [-0.3, -0.25) is 0 Å². The maximum absolute atomic E-state index is 12.0. The average molecular weight is 391 g/mol. The number of ether oxygens (including phenoxy) is 2. The molecule has 1 aliphatic rings. The van der Waals surface area contributed by atoms with Gasteiger partial charge in [0.05, 0.1) is 20.8 Å². The van der Waals surface area contributed by atoms with Crippen LogP contribution in [-0.2, 0) is 11.3 Å². The van der Waals surface area contributed by atoms with Gasteiger partial charge in [0.2, 0.25) is 0 Å². The van der Waals surface area contributed by atoms with Crippen molar-refractivity contribution in [1.29, 1.82) is 0 Å². The molecule has 7 nitrogen and oxygen atoms in total. The van der Waals surface area contributed by atoms with E-state index < -0.39 is 5.97 Å². The summed E-state index contributed by atoms with van der Waals surface area (Å²) in [4.78, 5) is 19.2. The number of benzene rings is 1. The zero-order valence-corrected chi connectivity index (χ0v) is 17.6. The van der Waals surface area contributed by atoms with E-state index >= 15 is 0 Å². The molecule has 0 spiro atoms. The van der Waals surface area contributed by atoms with Gasteiger partial charge in [0.25, 0.3) is 0 Å². The van der Waals surface area contributed by atoms with Gasteiger partial charge in [-0.15, -0.1) is 0 Å². The second-order valence-electron chi connectivity index (χ2n) is 6.98. The smallest absolute Gasteiger partial charge is 0.341 e. The van der Waals surface area contributed by atoms with Gasteiger partial charge in [-0.25, -0.2) is 9.79 Å². The summed E-state index contributed by atoms with van der Waals surface area (Å²) in [6.45, 7) is 9.00. The first-order valence-corrected chi connectivity index (χ1v) is 10.1. The Bertz CT molecular complexity index is 655. The molecule has 2 rings (SSSR count). The van der Waals surface area contributed by atoms with E-state index in [4.69, 9.17) is 14.5 Å². The Morgan fingerprint density at radius 3 is 2.61 bits per heavy atom. The first kappa shape index (κ1) is 22.0. The highest BCUT2D eigenvalue weighted by Gasteiger charge is 2.19. The molecule has 1 heterocycles. The minimum atomic E-state index is -0.411. The van der Waals surface area contributed by atoms with E-state index in [-0.39, 0.29) is 0 Å². The summed E-state index contributed by atoms with van der Waals surface area (Å²) < 4.78 is 10.1. The van der Waals surface area contributed by atoms with Crippen LogP contribution in [0.5, 0.6) is 5.75 Å². The van der Waals surface area contributed by atoms with Gasteiger partial charge in [0.1, 0.15) is 11.3 Å². The standard InChI is InChI=1S/C21H34N4O3/c1-5-11-25-12-9-17(10-13-25)24-21(22-6-2)23-15-16-7-8-19(27-3)18(14-16)20(26)28-4/h7-8,14,17H,5-6,9-13,15H2,1-4H3,(H2,22,23,24). The molecule has 28 heavy (non-hydrogen) atoms. The van der Waals surface area contributed by atoms with E-state index in [0.29, 0.717) is 23.9 Å². The minimum Gasteiger partial charge on any atom is -0.496 e. The first-order chi connectivity index (χ1) is 13.6. The van der Waals surface area contributed by atoms with Crippen molar-refractivity contribution in [3.8, 4) is 5.75 Å². The lowest BCUT2D eigenvalue weighted by molar-refractivity contribution is 0.0597. The maximum Gasteiger partial charge on any atom is 0.341 e. The van der Waals surface area contributed by atoms with E-state index in [1.54, 1.807) is 19.2 Å². The van der Waals surface area contributed by atoms with E-state index in [1.165, 1.54) is 20.1 Å². The van der Waals surface area contributed by atoms with Crippen LogP contribution in [-0.4, -0.2) is 63.3 Å². The number of hydrogen-bond acceptors (Lipinski definition) is 5. The van der Waals surface area contributed by atoms with Crippen LogP contribution in [0.3, 0.4) is 0 Å². The second-order valence-corrected chi connectivity index (χ2v) is 6.98. The molecule has 1 aromatic rings. The fourth-order valence-corrected chi connectivity index (χ4v) is 3.42. The highest BCUT2D eigenvalue weighted by atomic mass is 16.5. The molecule has 1 fully saturated rings. The van der Waals surface area contributed by atoms with E-state index in [9.17, 15) is 4.79 Å². The van der Waals surface area contributed by atoms with Crippen molar-refractivity contribution in [2.45, 2.75) is 45.7 Å². The largest absolute Gasteiger partial charge is 0.496 e. The maximum atomic E-state index is 12.0. The van der Waals surface area contributed by atoms with Gasteiger partial charge >= 0.3 is 5.97 Å². The second kappa shape index (κ2) is 11.5. The number of piperidine rings is 1. The summed E-state index contributed by atoms with van der Waals surface area (Å²) >= 11 is 0. The number of likely N-dealkylation sites (tertiary alicyclic amines) is 1. The number of nitrogens with one attached hydrogen (secondary N) is 2. The normalized spacial score (nSPS) is 15.9. The molecule has 0 atom stereocenters. The number of nitrogens with zero attached hydrogens (tertiary/aromatic N) is 2. The van der Waals surface area contributed by atoms with Crippen molar-refractivity contribution in [3.63, 3.8) is 0 Å². The third-order valence-electron chi connectivity index (χ3n) is 4.90. The predicted octanol–water partition coefficient (Wildman–Crippen LogP) is 2.41. The highest BCUT2D eigenvalue weighted by Crippen LogP contribution is 2.21. The summed E-state index contributed by atoms with van der Waals surface area (Å²) in [6, 6.07) is 5.91. The lowest BCUT2D eigenvalue weighted by atomic mass is 10.1. The van der Waals surface area contributed by atoms with E-state index in [2.05, 4.69) is 29.4 Å². The van der Waals surface area contributed by atoms with Gasteiger partial charge in [0, 0.05) is 25.7 Å². The fourth-order valence-electron chi connectivity index (χ4n) is 3.42. The number of esters is 1. The van der Waals surface area contributed by atoms with Crippen molar-refractivity contribution in [2.75, 3.05) is 40.4 Å². The molecular formula is C21H34N4O3. The first-order valence-electron chi connectivity index (χ1n) is 10.1. The van der Waals surface area contributed by atoms with Crippen LogP contribution in [0.4, 0.5) is 0 Å². The monoisotopic (exact) mass is 390 g/mol. The third-order valence-corrected chi connectivity index (χ3v) is 4.90. The average Bonchev–Trinajstić information content (AvgIpc) is 2.73. The molecule has 0 amide bonds. The van der Waals surface area contributed by atoms with Crippen LogP contribution in [0.25, 0.3) is 0 Å². The molecule has 0 bridgehead atoms. The number of carbonyl (C=O) groups excluding carboxylic acids is 1. The Labute approximate surface area is 168 Å². The molecule has 0 aliphatic carbocycles. The number of carbonyl (C=O) groups is 1. The highest BCUT2D eigenvalue weighted by molar-refractivity contribution is 5.92. The van der Waals surface area contributed by atoms with Crippen LogP contribution in [0.1, 0.15) is 49.0 Å². The Balaban J connectivity index is 2.01. The Morgan fingerprint density at radius 1 is 1.25 bits per heavy atom. The Morgan fingerprint density at radius 2 is 2.00 bits per heavy atom. The van der Waals surface area contributed by atoms with Gasteiger partial charge in [-0.1, -0.05) is 13.0 Å². The molecule has 0 unspecified atom stereocenters. The quantitative estimate of drug-likeness (QED) is 0.403. The summed E-state index contributed by atoms with van der Waals surface area (Å²) in [5, 5.41) is 6.87. The number of aliphatic imine (C=N–C) groups is 1. The van der Waals surface area contributed by atoms with Crippen molar-refractivity contribution >= 4 is 11.9 Å². The van der Waals surface area contributed by atoms with Crippen molar-refractivity contribution in [3.05, 3.63) is 29.3 Å². The lowest BCUT2D eigenvalue weighted by Gasteiger charge is -2.32. The molecule has 0 saturated carbocycles. The van der Waals surface area contributed by atoms with E-state index in [0.717, 1.165) is 44.0 Å². The predicted molar refractivity (Wildman–Crippen MR) is 112 cm³/mol. The molecule has 2 N–H and O–H groups in total. The van der Waals surface area contributed by atoms with Gasteiger partial charge in [-0.2, -0.15) is 0 Å². The molecule has 7 heteroatoms. The van der Waals surface area contributed by atoms with Crippen LogP contribution in [0.15, 0.2) is 23.2 Å². The van der Waals surface area contributed by atoms with Crippen LogP contribution in [0.2, 0.25) is 0 Å². The summed E-state index contributed by atoms with van der Waals surface area (Å²) in [5.41, 5.74) is 1.34. The molecular weight excluding hydrogens is 356 g/mol. The summed E-state index contributed by atoms with van der Waals surface area (Å²) in [7, 11) is 2.91. The fraction of sp³-hybridized carbons (Fsp3) is 0.619. The molecule has 0 aromatic heterocycles. The summed E-state index contributed by atoms with van der Waals surface area (Å²) in [6.07, 6.45) is 3.45. The topological polar surface area (TPSA) is 75.2 Å². The molecule has 1 aliphatic heterocycles. The Hall–Kier alpha value is -2.28. The van der Waals surface area contributed by atoms with Gasteiger partial charge < -0.3 is 25.0 Å².